The zero-order valence-corrected chi connectivity index (χ0v) is 16.5. The highest BCUT2D eigenvalue weighted by Crippen LogP contribution is 2.30. The molecule has 0 saturated carbocycles. The number of methoxy groups -OCH3 is 1. The first kappa shape index (κ1) is 20.9. The van der Waals surface area contributed by atoms with Gasteiger partial charge in [-0.25, -0.2) is 4.39 Å². The van der Waals surface area contributed by atoms with Crippen LogP contribution in [0.5, 0.6) is 5.75 Å². The van der Waals surface area contributed by atoms with Crippen molar-refractivity contribution in [2.45, 2.75) is 12.8 Å². The van der Waals surface area contributed by atoms with Gasteiger partial charge in [-0.05, 0) is 60.0 Å². The number of aromatic nitrogens is 1. The molecule has 152 valence electrons. The Kier molecular flexibility index (Phi) is 6.37. The Hall–Kier alpha value is -3.80. The fourth-order valence-electron chi connectivity index (χ4n) is 2.98. The van der Waals surface area contributed by atoms with E-state index in [2.05, 4.69) is 4.98 Å². The maximum absolute atomic E-state index is 14.7. The average molecular weight is 405 g/mol. The van der Waals surface area contributed by atoms with Crippen molar-refractivity contribution in [1.29, 1.82) is 0 Å². The van der Waals surface area contributed by atoms with Crippen LogP contribution in [0.25, 0.3) is 17.2 Å². The summed E-state index contributed by atoms with van der Waals surface area (Å²) in [6.07, 6.45) is 6.14. The number of benzene rings is 2. The second kappa shape index (κ2) is 9.13. The Balaban J connectivity index is 1.90. The summed E-state index contributed by atoms with van der Waals surface area (Å²) in [5, 5.41) is 10.1. The van der Waals surface area contributed by atoms with Crippen LogP contribution in [0.15, 0.2) is 67.0 Å². The van der Waals surface area contributed by atoms with Crippen LogP contribution in [0.2, 0.25) is 0 Å². The minimum Gasteiger partial charge on any atom is -0.507 e. The predicted molar refractivity (Wildman–Crippen MR) is 112 cm³/mol. The molecular weight excluding hydrogens is 385 g/mol. The number of ether oxygens (including phenoxy) is 1. The van der Waals surface area contributed by atoms with Crippen molar-refractivity contribution >= 4 is 17.8 Å². The number of aromatic hydroxyl groups is 1. The number of allylic oxidation sites excluding steroid dienone is 1. The maximum atomic E-state index is 14.7. The number of phenolic OH excluding ortho intramolecular Hbond substituents is 1. The van der Waals surface area contributed by atoms with Gasteiger partial charge in [0.15, 0.2) is 5.78 Å². The van der Waals surface area contributed by atoms with Crippen molar-refractivity contribution in [3.8, 4) is 16.9 Å². The molecule has 2 aromatic carbocycles. The molecule has 0 aliphatic carbocycles. The summed E-state index contributed by atoms with van der Waals surface area (Å²) < 4.78 is 19.4. The summed E-state index contributed by atoms with van der Waals surface area (Å²) in [6.45, 7) is 1.63. The predicted octanol–water partition coefficient (Wildman–Crippen LogP) is 4.77. The van der Waals surface area contributed by atoms with Gasteiger partial charge < -0.3 is 9.84 Å². The van der Waals surface area contributed by atoms with Gasteiger partial charge in [0.05, 0.1) is 18.6 Å². The molecule has 0 aliphatic rings. The Bertz CT molecular complexity index is 1110. The smallest absolute Gasteiger partial charge is 0.312 e. The van der Waals surface area contributed by atoms with Gasteiger partial charge in [-0.1, -0.05) is 24.3 Å². The summed E-state index contributed by atoms with van der Waals surface area (Å²) in [4.78, 5) is 28.2. The van der Waals surface area contributed by atoms with Crippen molar-refractivity contribution in [2.24, 2.45) is 0 Å². The zero-order valence-electron chi connectivity index (χ0n) is 16.5. The number of carbonyl (C=O) groups excluding carboxylic acids is 2. The number of hydrogen-bond donors (Lipinski definition) is 1. The fourth-order valence-corrected chi connectivity index (χ4v) is 2.98. The number of rotatable bonds is 6. The highest BCUT2D eigenvalue weighted by atomic mass is 19.1. The maximum Gasteiger partial charge on any atom is 0.312 e. The topological polar surface area (TPSA) is 76.5 Å². The summed E-state index contributed by atoms with van der Waals surface area (Å²) in [5.74, 6) is -2.23. The lowest BCUT2D eigenvalue weighted by Gasteiger charge is -2.12. The molecule has 1 atom stereocenters. The van der Waals surface area contributed by atoms with Crippen LogP contribution in [-0.2, 0) is 9.53 Å². The van der Waals surface area contributed by atoms with Gasteiger partial charge in [-0.15, -0.1) is 0 Å². The zero-order chi connectivity index (χ0) is 21.7. The molecule has 0 radical (unpaired) electrons. The monoisotopic (exact) mass is 405 g/mol. The largest absolute Gasteiger partial charge is 0.507 e. The first-order chi connectivity index (χ1) is 14.4. The lowest BCUT2D eigenvalue weighted by Crippen LogP contribution is -2.11. The van der Waals surface area contributed by atoms with Crippen molar-refractivity contribution in [1.82, 2.24) is 4.98 Å². The minimum atomic E-state index is -0.604. The third-order valence-corrected chi connectivity index (χ3v) is 4.73. The van der Waals surface area contributed by atoms with E-state index in [1.54, 1.807) is 43.6 Å². The minimum absolute atomic E-state index is 0.0547. The van der Waals surface area contributed by atoms with E-state index >= 15 is 0 Å². The number of esters is 1. The molecule has 0 fully saturated rings. The lowest BCUT2D eigenvalue weighted by molar-refractivity contribution is -0.142. The highest BCUT2D eigenvalue weighted by Gasteiger charge is 2.18. The van der Waals surface area contributed by atoms with E-state index in [9.17, 15) is 19.1 Å². The molecule has 1 heterocycles. The summed E-state index contributed by atoms with van der Waals surface area (Å²) >= 11 is 0. The quantitative estimate of drug-likeness (QED) is 0.363. The van der Waals surface area contributed by atoms with Crippen LogP contribution < -0.4 is 0 Å². The second-order valence-electron chi connectivity index (χ2n) is 6.70. The molecule has 30 heavy (non-hydrogen) atoms. The second-order valence-corrected chi connectivity index (χ2v) is 6.70. The van der Waals surface area contributed by atoms with E-state index in [0.717, 1.165) is 5.56 Å². The Morgan fingerprint density at radius 2 is 1.97 bits per heavy atom. The number of carbonyl (C=O) groups is 2. The van der Waals surface area contributed by atoms with Gasteiger partial charge in [0.2, 0.25) is 0 Å². The van der Waals surface area contributed by atoms with Crippen LogP contribution in [-0.4, -0.2) is 29.0 Å². The van der Waals surface area contributed by atoms with E-state index < -0.39 is 23.5 Å². The fraction of sp³-hybridized carbons (Fsp3) is 0.125. The first-order valence-electron chi connectivity index (χ1n) is 9.24. The third kappa shape index (κ3) is 4.60. The molecular formula is C24H20FNO4. The summed E-state index contributed by atoms with van der Waals surface area (Å²) in [7, 11) is 1.28. The SMILES string of the molecule is COC(=O)C(C)c1ccc(-c2ccc(O)c(C(=O)/C=C/c3cccnc3)c2)c(F)c1. The molecule has 0 spiro atoms. The molecule has 0 amide bonds. The number of ketones is 1. The van der Waals surface area contributed by atoms with Crippen LogP contribution in [0.4, 0.5) is 4.39 Å². The van der Waals surface area contributed by atoms with E-state index in [1.807, 2.05) is 0 Å². The van der Waals surface area contributed by atoms with Gasteiger partial charge >= 0.3 is 5.97 Å². The molecule has 1 aromatic heterocycles. The summed E-state index contributed by atoms with van der Waals surface area (Å²) in [5.41, 5.74) is 1.96. The van der Waals surface area contributed by atoms with Gasteiger partial charge in [-0.3, -0.25) is 14.6 Å². The number of phenols is 1. The molecule has 5 nitrogen and oxygen atoms in total. The molecule has 3 rings (SSSR count). The molecule has 3 aromatic rings. The van der Waals surface area contributed by atoms with E-state index in [-0.39, 0.29) is 16.9 Å². The van der Waals surface area contributed by atoms with Gasteiger partial charge in [-0.2, -0.15) is 0 Å². The van der Waals surface area contributed by atoms with Gasteiger partial charge in [0.25, 0.3) is 0 Å². The molecule has 0 bridgehead atoms. The number of halogens is 1. The summed E-state index contributed by atoms with van der Waals surface area (Å²) in [6, 6.07) is 12.3. The Morgan fingerprint density at radius 3 is 2.63 bits per heavy atom. The molecule has 6 heteroatoms. The van der Waals surface area contributed by atoms with Crippen molar-refractivity contribution in [3.05, 3.63) is 89.5 Å². The van der Waals surface area contributed by atoms with Crippen LogP contribution in [0.3, 0.4) is 0 Å². The van der Waals surface area contributed by atoms with E-state index in [0.29, 0.717) is 11.1 Å². The molecule has 0 saturated heterocycles. The molecule has 0 aliphatic heterocycles. The normalized spacial score (nSPS) is 12.0. The van der Waals surface area contributed by atoms with Gasteiger partial charge in [0.1, 0.15) is 11.6 Å². The highest BCUT2D eigenvalue weighted by molar-refractivity contribution is 6.09. The number of hydrogen-bond acceptors (Lipinski definition) is 5. The number of pyridine rings is 1. The molecule has 1 N–H and O–H groups in total. The number of nitrogens with zero attached hydrogens (tertiary/aromatic N) is 1. The van der Waals surface area contributed by atoms with E-state index in [4.69, 9.17) is 4.74 Å². The van der Waals surface area contributed by atoms with Crippen molar-refractivity contribution in [3.63, 3.8) is 0 Å². The standard InChI is InChI=1S/C24H20FNO4/c1-15(24(29)30-2)17-6-8-19(21(25)13-17)18-7-10-23(28)20(12-18)22(27)9-5-16-4-3-11-26-14-16/h3-15,28H,1-2H3/b9-5+. The average Bonchev–Trinajstić information content (AvgIpc) is 2.77. The van der Waals surface area contributed by atoms with Crippen molar-refractivity contribution in [2.75, 3.05) is 7.11 Å². The lowest BCUT2D eigenvalue weighted by atomic mass is 9.95. The first-order valence-corrected chi connectivity index (χ1v) is 9.24. The van der Waals surface area contributed by atoms with Crippen LogP contribution in [0, 0.1) is 5.82 Å². The third-order valence-electron chi connectivity index (χ3n) is 4.73. The Labute approximate surface area is 173 Å². The van der Waals surface area contributed by atoms with E-state index in [1.165, 1.54) is 43.5 Å². The van der Waals surface area contributed by atoms with Crippen LogP contribution >= 0.6 is 0 Å². The Morgan fingerprint density at radius 1 is 1.17 bits per heavy atom. The van der Waals surface area contributed by atoms with Gasteiger partial charge in [0, 0.05) is 18.0 Å². The van der Waals surface area contributed by atoms with Crippen LogP contribution in [0.1, 0.15) is 34.3 Å². The van der Waals surface area contributed by atoms with Crippen molar-refractivity contribution < 1.29 is 23.8 Å². The molecule has 1 unspecified atom stereocenters.